The van der Waals surface area contributed by atoms with Gasteiger partial charge < -0.3 is 4.90 Å². The smallest absolute Gasteiger partial charge is 0.0555 e. The Kier molecular flexibility index (Phi) is 7.61. The molecular formula is C52H33NS2. The highest BCUT2D eigenvalue weighted by Crippen LogP contribution is 2.50. The maximum absolute atomic E-state index is 2.51. The first-order chi connectivity index (χ1) is 27.3. The summed E-state index contributed by atoms with van der Waals surface area (Å²) < 4.78 is 5.18. The van der Waals surface area contributed by atoms with Crippen molar-refractivity contribution in [1.29, 1.82) is 0 Å². The van der Waals surface area contributed by atoms with E-state index >= 15 is 0 Å². The van der Waals surface area contributed by atoms with E-state index in [1.54, 1.807) is 0 Å². The Labute approximate surface area is 327 Å². The van der Waals surface area contributed by atoms with Gasteiger partial charge in [-0.3, -0.25) is 0 Å². The van der Waals surface area contributed by atoms with E-state index in [0.717, 1.165) is 11.4 Å². The Morgan fingerprint density at radius 2 is 0.945 bits per heavy atom. The van der Waals surface area contributed by atoms with Crippen molar-refractivity contribution in [3.05, 3.63) is 200 Å². The van der Waals surface area contributed by atoms with Gasteiger partial charge in [-0.25, -0.2) is 0 Å². The largest absolute Gasteiger partial charge is 0.309 e. The molecule has 11 rings (SSSR count). The minimum absolute atomic E-state index is 1.14. The summed E-state index contributed by atoms with van der Waals surface area (Å²) in [7, 11) is 0. The van der Waals surface area contributed by atoms with Crippen molar-refractivity contribution >= 4 is 90.9 Å². The summed E-state index contributed by atoms with van der Waals surface area (Å²) in [6.07, 6.45) is 0. The highest BCUT2D eigenvalue weighted by Gasteiger charge is 2.23. The fourth-order valence-corrected chi connectivity index (χ4v) is 10.7. The Balaban J connectivity index is 1.18. The lowest BCUT2D eigenvalue weighted by atomic mass is 9.98. The van der Waals surface area contributed by atoms with Gasteiger partial charge in [0.25, 0.3) is 0 Å². The summed E-state index contributed by atoms with van der Waals surface area (Å²) in [4.78, 5) is 2.51. The van der Waals surface area contributed by atoms with Gasteiger partial charge in [-0.2, -0.15) is 0 Å². The van der Waals surface area contributed by atoms with Crippen LogP contribution in [0.15, 0.2) is 200 Å². The fourth-order valence-electron chi connectivity index (χ4n) is 8.23. The second kappa shape index (κ2) is 13.1. The van der Waals surface area contributed by atoms with Gasteiger partial charge in [-0.1, -0.05) is 158 Å². The molecular weight excluding hydrogens is 703 g/mol. The molecule has 2 aromatic heterocycles. The standard InChI is InChI=1S/C52H33NS2/c1-4-13-34(14-5-1)38-23-26-43-45-33-40(25-30-48(45)54-49(43)31-38)53(46-22-12-20-36-19-10-11-21-41(36)46)47-29-28-42(37-17-8-3-9-18-37)52-51(47)44-27-24-39(32-50(44)55-52)35-15-6-2-7-16-35/h1-33H. The van der Waals surface area contributed by atoms with Crippen LogP contribution in [0.25, 0.3) is 84.5 Å². The molecule has 0 radical (unpaired) electrons. The molecule has 0 aliphatic carbocycles. The molecule has 1 nitrogen and oxygen atoms in total. The molecule has 0 unspecified atom stereocenters. The first kappa shape index (κ1) is 32.0. The van der Waals surface area contributed by atoms with Crippen LogP contribution < -0.4 is 4.90 Å². The average molecular weight is 736 g/mol. The monoisotopic (exact) mass is 735 g/mol. The van der Waals surface area contributed by atoms with Crippen LogP contribution in [-0.2, 0) is 0 Å². The van der Waals surface area contributed by atoms with E-state index in [1.807, 2.05) is 22.7 Å². The van der Waals surface area contributed by atoms with Gasteiger partial charge >= 0.3 is 0 Å². The summed E-state index contributed by atoms with van der Waals surface area (Å²) in [5.41, 5.74) is 10.9. The summed E-state index contributed by atoms with van der Waals surface area (Å²) >= 11 is 3.77. The highest BCUT2D eigenvalue weighted by molar-refractivity contribution is 7.26. The highest BCUT2D eigenvalue weighted by atomic mass is 32.1. The predicted octanol–water partition coefficient (Wildman–Crippen LogP) is 16.0. The third-order valence-corrected chi connectivity index (χ3v) is 13.2. The third kappa shape index (κ3) is 5.43. The van der Waals surface area contributed by atoms with E-state index in [1.165, 1.54) is 90.2 Å². The van der Waals surface area contributed by atoms with E-state index in [4.69, 9.17) is 0 Å². The molecule has 2 heterocycles. The van der Waals surface area contributed by atoms with Crippen molar-refractivity contribution < 1.29 is 0 Å². The number of hydrogen-bond donors (Lipinski definition) is 0. The van der Waals surface area contributed by atoms with E-state index in [0.29, 0.717) is 0 Å². The van der Waals surface area contributed by atoms with Crippen molar-refractivity contribution in [2.45, 2.75) is 0 Å². The first-order valence-corrected chi connectivity index (χ1v) is 20.3. The second-order valence-electron chi connectivity index (χ2n) is 14.1. The number of rotatable bonds is 6. The van der Waals surface area contributed by atoms with E-state index in [9.17, 15) is 0 Å². The van der Waals surface area contributed by atoms with Crippen molar-refractivity contribution in [1.82, 2.24) is 0 Å². The molecule has 0 atom stereocenters. The SMILES string of the molecule is c1ccc(-c2ccc3c(c2)sc2ccc(N(c4cccc5ccccc45)c4ccc(-c5ccccc5)c5sc6cc(-c7ccccc7)ccc6c45)cc23)cc1. The number of thiophene rings is 2. The lowest BCUT2D eigenvalue weighted by Crippen LogP contribution is -2.11. The molecule has 258 valence electrons. The number of benzene rings is 9. The topological polar surface area (TPSA) is 3.24 Å². The van der Waals surface area contributed by atoms with Crippen LogP contribution in [0.1, 0.15) is 0 Å². The van der Waals surface area contributed by atoms with Gasteiger partial charge in [0, 0.05) is 51.4 Å². The molecule has 9 aromatic carbocycles. The molecule has 0 bridgehead atoms. The summed E-state index contributed by atoms with van der Waals surface area (Å²) in [6.45, 7) is 0. The lowest BCUT2D eigenvalue weighted by molar-refractivity contribution is 1.32. The number of hydrogen-bond acceptors (Lipinski definition) is 3. The van der Waals surface area contributed by atoms with Crippen LogP contribution in [0.2, 0.25) is 0 Å². The molecule has 0 saturated heterocycles. The average Bonchev–Trinajstić information content (AvgIpc) is 3.83. The minimum Gasteiger partial charge on any atom is -0.309 e. The predicted molar refractivity (Wildman–Crippen MR) is 241 cm³/mol. The Hall–Kier alpha value is -6.52. The number of nitrogens with zero attached hydrogens (tertiary/aromatic N) is 1. The van der Waals surface area contributed by atoms with Gasteiger partial charge in [0.1, 0.15) is 0 Å². The Morgan fingerprint density at radius 1 is 0.327 bits per heavy atom. The zero-order valence-electron chi connectivity index (χ0n) is 29.8. The summed E-state index contributed by atoms with van der Waals surface area (Å²) in [5, 5.41) is 7.56. The van der Waals surface area contributed by atoms with Crippen LogP contribution in [0.4, 0.5) is 17.1 Å². The molecule has 0 N–H and O–H groups in total. The molecule has 0 saturated carbocycles. The number of anilines is 3. The van der Waals surface area contributed by atoms with Crippen molar-refractivity contribution in [3.8, 4) is 33.4 Å². The van der Waals surface area contributed by atoms with Crippen LogP contribution >= 0.6 is 22.7 Å². The van der Waals surface area contributed by atoms with E-state index in [2.05, 4.69) is 205 Å². The van der Waals surface area contributed by atoms with Crippen LogP contribution in [0.3, 0.4) is 0 Å². The molecule has 55 heavy (non-hydrogen) atoms. The molecule has 0 aliphatic rings. The van der Waals surface area contributed by atoms with E-state index in [-0.39, 0.29) is 0 Å². The Bertz CT molecular complexity index is 3190. The molecule has 3 heteroatoms. The van der Waals surface area contributed by atoms with Crippen LogP contribution in [-0.4, -0.2) is 0 Å². The van der Waals surface area contributed by atoms with Gasteiger partial charge in [-0.05, 0) is 81.2 Å². The van der Waals surface area contributed by atoms with Gasteiger partial charge in [0.2, 0.25) is 0 Å². The first-order valence-electron chi connectivity index (χ1n) is 18.7. The van der Waals surface area contributed by atoms with E-state index < -0.39 is 0 Å². The lowest BCUT2D eigenvalue weighted by Gasteiger charge is -2.28. The normalized spacial score (nSPS) is 11.6. The quantitative estimate of drug-likeness (QED) is 0.164. The van der Waals surface area contributed by atoms with Gasteiger partial charge in [0.15, 0.2) is 0 Å². The van der Waals surface area contributed by atoms with Gasteiger partial charge in [-0.15, -0.1) is 22.7 Å². The molecule has 0 aliphatic heterocycles. The van der Waals surface area contributed by atoms with Gasteiger partial charge in [0.05, 0.1) is 11.4 Å². The minimum atomic E-state index is 1.14. The van der Waals surface area contributed by atoms with Crippen LogP contribution in [0.5, 0.6) is 0 Å². The Morgan fingerprint density at radius 3 is 1.67 bits per heavy atom. The molecule has 0 fully saturated rings. The second-order valence-corrected chi connectivity index (χ2v) is 16.2. The molecule has 0 amide bonds. The summed E-state index contributed by atoms with van der Waals surface area (Å²) in [5.74, 6) is 0. The van der Waals surface area contributed by atoms with Crippen molar-refractivity contribution in [3.63, 3.8) is 0 Å². The maximum atomic E-state index is 2.51. The fraction of sp³-hybridized carbons (Fsp3) is 0. The summed E-state index contributed by atoms with van der Waals surface area (Å²) in [6, 6.07) is 73.4. The van der Waals surface area contributed by atoms with Crippen molar-refractivity contribution in [2.24, 2.45) is 0 Å². The maximum Gasteiger partial charge on any atom is 0.0555 e. The molecule has 0 spiro atoms. The van der Waals surface area contributed by atoms with Crippen LogP contribution in [0, 0.1) is 0 Å². The van der Waals surface area contributed by atoms with Crippen molar-refractivity contribution in [2.75, 3.05) is 4.90 Å². The molecule has 11 aromatic rings. The third-order valence-electron chi connectivity index (χ3n) is 10.9. The number of fused-ring (bicyclic) bond motifs is 7. The zero-order valence-corrected chi connectivity index (χ0v) is 31.4. The zero-order chi connectivity index (χ0) is 36.3.